The number of amides is 1. The van der Waals surface area contributed by atoms with Crippen molar-refractivity contribution in [1.29, 1.82) is 0 Å². The van der Waals surface area contributed by atoms with Crippen LogP contribution in [0.15, 0.2) is 34.7 Å². The number of benzene rings is 1. The van der Waals surface area contributed by atoms with E-state index < -0.39 is 39.8 Å². The topological polar surface area (TPSA) is 174 Å². The van der Waals surface area contributed by atoms with Crippen LogP contribution in [0.1, 0.15) is 12.0 Å². The molecule has 0 aliphatic carbocycles. The van der Waals surface area contributed by atoms with Gasteiger partial charge in [-0.05, 0) is 12.0 Å². The molecule has 0 fully saturated rings. The summed E-state index contributed by atoms with van der Waals surface area (Å²) in [5.41, 5.74) is 11.2. The number of nitrogens with two attached hydrogens (primary N) is 2. The Morgan fingerprint density at radius 2 is 1.92 bits per heavy atom. The summed E-state index contributed by atoms with van der Waals surface area (Å²) in [6, 6.07) is 7.47. The molecule has 1 atom stereocenters. The van der Waals surface area contributed by atoms with E-state index in [1.165, 1.54) is 0 Å². The van der Waals surface area contributed by atoms with Gasteiger partial charge in [-0.15, -0.1) is 4.40 Å². The van der Waals surface area contributed by atoms with Crippen LogP contribution in [0.2, 0.25) is 0 Å². The predicted octanol–water partition coefficient (Wildman–Crippen LogP) is -0.641. The van der Waals surface area contributed by atoms with Crippen molar-refractivity contribution >= 4 is 28.0 Å². The Labute approximate surface area is 138 Å². The van der Waals surface area contributed by atoms with Crippen molar-refractivity contribution in [3.05, 3.63) is 35.9 Å². The lowest BCUT2D eigenvalue weighted by Crippen LogP contribution is -2.38. The lowest BCUT2D eigenvalue weighted by atomic mass is 10.2. The van der Waals surface area contributed by atoms with Gasteiger partial charge in [0.15, 0.2) is 0 Å². The van der Waals surface area contributed by atoms with Gasteiger partial charge in [0.25, 0.3) is 10.0 Å². The second kappa shape index (κ2) is 8.84. The Kier molecular flexibility index (Phi) is 7.14. The van der Waals surface area contributed by atoms with Crippen LogP contribution in [0.25, 0.3) is 0 Å². The number of carbonyl (C=O) groups excluding carboxylic acids is 1. The van der Waals surface area contributed by atoms with E-state index in [0.717, 1.165) is 5.56 Å². The van der Waals surface area contributed by atoms with Crippen molar-refractivity contribution in [3.63, 3.8) is 0 Å². The molecule has 6 N–H and O–H groups in total. The van der Waals surface area contributed by atoms with Crippen LogP contribution in [-0.2, 0) is 26.2 Å². The zero-order chi connectivity index (χ0) is 18.2. The standard InChI is InChI=1S/C13H18N4O6S/c14-10(11(18)19)6-7-24(21,22)17-12(15)16-13(20)23-8-9-4-2-1-3-5-9/h1-5,10H,6-8,14H2,(H,18,19)(H3,15,16,17,20)/t10-/m0/s1. The van der Waals surface area contributed by atoms with Crippen LogP contribution in [0.5, 0.6) is 0 Å². The van der Waals surface area contributed by atoms with Crippen LogP contribution >= 0.6 is 0 Å². The van der Waals surface area contributed by atoms with E-state index >= 15 is 0 Å². The van der Waals surface area contributed by atoms with Crippen molar-refractivity contribution in [2.75, 3.05) is 5.75 Å². The minimum absolute atomic E-state index is 0.0276. The minimum atomic E-state index is -4.07. The molecule has 0 bridgehead atoms. The fourth-order valence-corrected chi connectivity index (χ4v) is 2.47. The minimum Gasteiger partial charge on any atom is -0.480 e. The Morgan fingerprint density at radius 1 is 1.29 bits per heavy atom. The van der Waals surface area contributed by atoms with Gasteiger partial charge >= 0.3 is 12.1 Å². The molecule has 24 heavy (non-hydrogen) atoms. The molecule has 11 heteroatoms. The number of rotatable bonds is 7. The maximum atomic E-state index is 11.6. The first-order valence-electron chi connectivity index (χ1n) is 6.74. The summed E-state index contributed by atoms with van der Waals surface area (Å²) in [6.45, 7) is -0.0276. The van der Waals surface area contributed by atoms with E-state index in [9.17, 15) is 18.0 Å². The molecule has 0 radical (unpaired) electrons. The SMILES string of the molecule is N/C(=N\S(=O)(=O)CC[C@H](N)C(=O)O)NC(=O)OCc1ccccc1. The van der Waals surface area contributed by atoms with Gasteiger partial charge in [-0.3, -0.25) is 10.1 Å². The van der Waals surface area contributed by atoms with Crippen LogP contribution in [0.3, 0.4) is 0 Å². The Balaban J connectivity index is 2.49. The number of hydrogen-bond donors (Lipinski definition) is 4. The number of carboxylic acids is 1. The summed E-state index contributed by atoms with van der Waals surface area (Å²) in [4.78, 5) is 22.0. The smallest absolute Gasteiger partial charge is 0.414 e. The molecule has 10 nitrogen and oxygen atoms in total. The molecule has 0 aromatic heterocycles. The quantitative estimate of drug-likeness (QED) is 0.367. The van der Waals surface area contributed by atoms with E-state index in [1.807, 2.05) is 5.32 Å². The number of nitrogens with zero attached hydrogens (tertiary/aromatic N) is 1. The predicted molar refractivity (Wildman–Crippen MR) is 85.4 cm³/mol. The van der Waals surface area contributed by atoms with E-state index in [4.69, 9.17) is 21.3 Å². The van der Waals surface area contributed by atoms with Crippen molar-refractivity contribution < 1.29 is 27.9 Å². The molecular formula is C13H18N4O6S. The second-order valence-corrected chi connectivity index (χ2v) is 6.44. The Bertz CT molecular complexity index is 704. The molecule has 1 rings (SSSR count). The van der Waals surface area contributed by atoms with E-state index in [2.05, 4.69) is 4.40 Å². The molecule has 0 heterocycles. The number of sulfonamides is 1. The second-order valence-electron chi connectivity index (χ2n) is 4.68. The van der Waals surface area contributed by atoms with Gasteiger partial charge in [-0.25, -0.2) is 13.2 Å². The molecule has 0 aliphatic heterocycles. The molecule has 1 aromatic carbocycles. The third kappa shape index (κ3) is 7.56. The number of nitrogens with one attached hydrogen (secondary N) is 1. The zero-order valence-corrected chi connectivity index (χ0v) is 13.4. The molecule has 132 valence electrons. The maximum absolute atomic E-state index is 11.6. The molecule has 0 spiro atoms. The zero-order valence-electron chi connectivity index (χ0n) is 12.6. The third-order valence-electron chi connectivity index (χ3n) is 2.68. The van der Waals surface area contributed by atoms with Crippen molar-refractivity contribution in [2.45, 2.75) is 19.1 Å². The highest BCUT2D eigenvalue weighted by Gasteiger charge is 2.18. The number of alkyl carbamates (subject to hydrolysis) is 1. The molecule has 0 saturated carbocycles. The maximum Gasteiger partial charge on any atom is 0.414 e. The van der Waals surface area contributed by atoms with E-state index in [1.54, 1.807) is 30.3 Å². The highest BCUT2D eigenvalue weighted by molar-refractivity contribution is 7.90. The van der Waals surface area contributed by atoms with Gasteiger partial charge in [-0.2, -0.15) is 0 Å². The number of carbonyl (C=O) groups is 2. The monoisotopic (exact) mass is 358 g/mol. The van der Waals surface area contributed by atoms with Crippen LogP contribution in [0.4, 0.5) is 4.79 Å². The Morgan fingerprint density at radius 3 is 2.50 bits per heavy atom. The summed E-state index contributed by atoms with van der Waals surface area (Å²) in [7, 11) is -4.07. The fraction of sp³-hybridized carbons (Fsp3) is 0.308. The molecule has 1 aromatic rings. The molecule has 0 saturated heterocycles. The largest absolute Gasteiger partial charge is 0.480 e. The van der Waals surface area contributed by atoms with Crippen molar-refractivity contribution in [2.24, 2.45) is 15.9 Å². The highest BCUT2D eigenvalue weighted by Crippen LogP contribution is 2.01. The van der Waals surface area contributed by atoms with E-state index in [0.29, 0.717) is 0 Å². The summed E-state index contributed by atoms with van der Waals surface area (Å²) in [5, 5.41) is 10.5. The van der Waals surface area contributed by atoms with Crippen molar-refractivity contribution in [1.82, 2.24) is 5.32 Å². The lowest BCUT2D eigenvalue weighted by Gasteiger charge is -2.07. The lowest BCUT2D eigenvalue weighted by molar-refractivity contribution is -0.138. The molecule has 0 unspecified atom stereocenters. The normalized spacial score (nSPS) is 13.1. The summed E-state index contributed by atoms with van der Waals surface area (Å²) >= 11 is 0. The first-order chi connectivity index (χ1) is 11.2. The molecule has 1 amide bonds. The van der Waals surface area contributed by atoms with Crippen molar-refractivity contribution in [3.8, 4) is 0 Å². The number of aliphatic carboxylic acids is 1. The van der Waals surface area contributed by atoms with E-state index in [-0.39, 0.29) is 13.0 Å². The number of guanidine groups is 1. The van der Waals surface area contributed by atoms with Gasteiger partial charge in [0.05, 0.1) is 5.75 Å². The van der Waals surface area contributed by atoms with Crippen LogP contribution < -0.4 is 16.8 Å². The van der Waals surface area contributed by atoms with Gasteiger partial charge in [-0.1, -0.05) is 30.3 Å². The summed E-state index contributed by atoms with van der Waals surface area (Å²) < 4.78 is 31.2. The van der Waals surface area contributed by atoms with Crippen LogP contribution in [-0.4, -0.2) is 43.3 Å². The van der Waals surface area contributed by atoms with Crippen LogP contribution in [0, 0.1) is 0 Å². The number of carboxylic acid groups (broad SMARTS) is 1. The van der Waals surface area contributed by atoms with Gasteiger partial charge in [0.2, 0.25) is 5.96 Å². The summed E-state index contributed by atoms with van der Waals surface area (Å²) in [6.07, 6.45) is -1.31. The van der Waals surface area contributed by atoms with Gasteiger partial charge in [0.1, 0.15) is 12.6 Å². The molecular weight excluding hydrogens is 340 g/mol. The van der Waals surface area contributed by atoms with Gasteiger partial charge < -0.3 is 21.3 Å². The number of ether oxygens (including phenoxy) is 1. The Hall–Kier alpha value is -2.66. The average molecular weight is 358 g/mol. The molecule has 0 aliphatic rings. The third-order valence-corrected chi connectivity index (χ3v) is 3.91. The average Bonchev–Trinajstić information content (AvgIpc) is 2.51. The number of hydrogen-bond acceptors (Lipinski definition) is 6. The van der Waals surface area contributed by atoms with Gasteiger partial charge in [0, 0.05) is 0 Å². The first-order valence-corrected chi connectivity index (χ1v) is 8.35. The summed E-state index contributed by atoms with van der Waals surface area (Å²) in [5.74, 6) is -2.64. The highest BCUT2D eigenvalue weighted by atomic mass is 32.2. The first kappa shape index (κ1) is 19.4. The fourth-order valence-electron chi connectivity index (χ4n) is 1.48.